The van der Waals surface area contributed by atoms with Gasteiger partial charge >= 0.3 is 0 Å². The summed E-state index contributed by atoms with van der Waals surface area (Å²) >= 11 is 0. The van der Waals surface area contributed by atoms with Crippen LogP contribution in [0.1, 0.15) is 6.92 Å². The zero-order valence-corrected chi connectivity index (χ0v) is 11.2. The lowest BCUT2D eigenvalue weighted by Crippen LogP contribution is -2.44. The SMILES string of the molecule is C=CCNC(=O)[C@@H](C)NS(=O)(=O)c1ccc(F)cc1. The van der Waals surface area contributed by atoms with Gasteiger partial charge < -0.3 is 5.32 Å². The van der Waals surface area contributed by atoms with Crippen molar-refractivity contribution in [2.75, 3.05) is 6.54 Å². The summed E-state index contributed by atoms with van der Waals surface area (Å²) in [6, 6.07) is 3.40. The van der Waals surface area contributed by atoms with Crippen LogP contribution in [0.15, 0.2) is 41.8 Å². The Kier molecular flexibility index (Phi) is 5.20. The van der Waals surface area contributed by atoms with Crippen molar-refractivity contribution >= 4 is 15.9 Å². The van der Waals surface area contributed by atoms with Gasteiger partial charge in [0.05, 0.1) is 10.9 Å². The molecule has 1 rings (SSSR count). The lowest BCUT2D eigenvalue weighted by molar-refractivity contribution is -0.122. The summed E-state index contributed by atoms with van der Waals surface area (Å²) in [7, 11) is -3.85. The molecule has 5 nitrogen and oxygen atoms in total. The van der Waals surface area contributed by atoms with Crippen molar-refractivity contribution in [3.8, 4) is 0 Å². The first-order valence-electron chi connectivity index (χ1n) is 5.53. The normalized spacial score (nSPS) is 12.7. The third-order valence-corrected chi connectivity index (χ3v) is 3.83. The number of sulfonamides is 1. The summed E-state index contributed by atoms with van der Waals surface area (Å²) in [5, 5.41) is 2.47. The Morgan fingerprint density at radius 3 is 2.53 bits per heavy atom. The number of hydrogen-bond donors (Lipinski definition) is 2. The zero-order valence-electron chi connectivity index (χ0n) is 10.4. The van der Waals surface area contributed by atoms with Gasteiger partial charge in [0.15, 0.2) is 0 Å². The minimum atomic E-state index is -3.85. The van der Waals surface area contributed by atoms with Gasteiger partial charge in [-0.2, -0.15) is 4.72 Å². The highest BCUT2D eigenvalue weighted by atomic mass is 32.2. The third-order valence-electron chi connectivity index (χ3n) is 2.27. The monoisotopic (exact) mass is 286 g/mol. The summed E-state index contributed by atoms with van der Waals surface area (Å²) < 4.78 is 38.7. The topological polar surface area (TPSA) is 75.3 Å². The minimum Gasteiger partial charge on any atom is -0.351 e. The van der Waals surface area contributed by atoms with E-state index in [1.165, 1.54) is 13.0 Å². The Morgan fingerprint density at radius 2 is 2.00 bits per heavy atom. The Bertz CT molecular complexity index is 555. The number of benzene rings is 1. The van der Waals surface area contributed by atoms with Crippen LogP contribution < -0.4 is 10.0 Å². The van der Waals surface area contributed by atoms with E-state index in [0.29, 0.717) is 0 Å². The van der Waals surface area contributed by atoms with E-state index in [4.69, 9.17) is 0 Å². The van der Waals surface area contributed by atoms with E-state index < -0.39 is 27.8 Å². The van der Waals surface area contributed by atoms with E-state index in [1.54, 1.807) is 0 Å². The third kappa shape index (κ3) is 4.46. The van der Waals surface area contributed by atoms with Crippen LogP contribution in [0.5, 0.6) is 0 Å². The maximum atomic E-state index is 12.7. The molecule has 19 heavy (non-hydrogen) atoms. The molecule has 0 saturated carbocycles. The van der Waals surface area contributed by atoms with E-state index in [-0.39, 0.29) is 11.4 Å². The highest BCUT2D eigenvalue weighted by Gasteiger charge is 2.21. The number of carbonyl (C=O) groups excluding carboxylic acids is 1. The van der Waals surface area contributed by atoms with Crippen LogP contribution in [0.4, 0.5) is 4.39 Å². The molecule has 104 valence electrons. The molecule has 0 aliphatic carbocycles. The van der Waals surface area contributed by atoms with Gasteiger partial charge in [-0.05, 0) is 31.2 Å². The minimum absolute atomic E-state index is 0.0997. The van der Waals surface area contributed by atoms with Crippen molar-refractivity contribution in [2.24, 2.45) is 0 Å². The van der Waals surface area contributed by atoms with E-state index in [9.17, 15) is 17.6 Å². The quantitative estimate of drug-likeness (QED) is 0.759. The summed E-state index contributed by atoms with van der Waals surface area (Å²) in [4.78, 5) is 11.4. The lowest BCUT2D eigenvalue weighted by atomic mass is 10.3. The Hall–Kier alpha value is -1.73. The average molecular weight is 286 g/mol. The molecule has 1 aromatic rings. The standard InChI is InChI=1S/C12H15FN2O3S/c1-3-8-14-12(16)9(2)15-19(17,18)11-6-4-10(13)5-7-11/h3-7,9,15H,1,8H2,2H3,(H,14,16)/t9-/m1/s1. The fourth-order valence-electron chi connectivity index (χ4n) is 1.29. The number of carbonyl (C=O) groups is 1. The van der Waals surface area contributed by atoms with Crippen LogP contribution in [0, 0.1) is 5.82 Å². The number of rotatable bonds is 6. The summed E-state index contributed by atoms with van der Waals surface area (Å²) in [6.07, 6.45) is 1.49. The molecule has 0 aliphatic heterocycles. The predicted molar refractivity (Wildman–Crippen MR) is 69.4 cm³/mol. The van der Waals surface area contributed by atoms with Crippen LogP contribution in [0.3, 0.4) is 0 Å². The molecule has 1 amide bonds. The molecule has 0 aliphatic rings. The molecule has 1 atom stereocenters. The fourth-order valence-corrected chi connectivity index (χ4v) is 2.50. The molecule has 0 radical (unpaired) electrons. The van der Waals surface area contributed by atoms with Gasteiger partial charge in [0.25, 0.3) is 0 Å². The Morgan fingerprint density at radius 1 is 1.42 bits per heavy atom. The number of nitrogens with one attached hydrogen (secondary N) is 2. The smallest absolute Gasteiger partial charge is 0.241 e. The fraction of sp³-hybridized carbons (Fsp3) is 0.250. The second-order valence-corrected chi connectivity index (χ2v) is 5.54. The van der Waals surface area contributed by atoms with E-state index >= 15 is 0 Å². The van der Waals surface area contributed by atoms with Crippen LogP contribution in [-0.4, -0.2) is 26.9 Å². The second kappa shape index (κ2) is 6.44. The van der Waals surface area contributed by atoms with E-state index in [0.717, 1.165) is 24.3 Å². The maximum Gasteiger partial charge on any atom is 0.241 e. The molecular formula is C12H15FN2O3S. The van der Waals surface area contributed by atoms with Crippen molar-refractivity contribution in [3.05, 3.63) is 42.7 Å². The molecule has 0 bridgehead atoms. The molecule has 0 aromatic heterocycles. The van der Waals surface area contributed by atoms with Crippen LogP contribution >= 0.6 is 0 Å². The van der Waals surface area contributed by atoms with Gasteiger partial charge in [-0.25, -0.2) is 12.8 Å². The molecule has 1 aromatic carbocycles. The molecular weight excluding hydrogens is 271 g/mol. The molecule has 2 N–H and O–H groups in total. The van der Waals surface area contributed by atoms with Gasteiger partial charge in [0.2, 0.25) is 15.9 Å². The van der Waals surface area contributed by atoms with Crippen molar-refractivity contribution in [3.63, 3.8) is 0 Å². The van der Waals surface area contributed by atoms with Crippen molar-refractivity contribution in [1.82, 2.24) is 10.0 Å². The largest absolute Gasteiger partial charge is 0.351 e. The zero-order chi connectivity index (χ0) is 14.5. The van der Waals surface area contributed by atoms with E-state index in [1.807, 2.05) is 0 Å². The molecule has 0 saturated heterocycles. The summed E-state index contributed by atoms with van der Waals surface area (Å²) in [5.41, 5.74) is 0. The Balaban J connectivity index is 2.76. The molecule has 0 fully saturated rings. The second-order valence-electron chi connectivity index (χ2n) is 3.83. The first kappa shape index (κ1) is 15.3. The van der Waals surface area contributed by atoms with Gasteiger partial charge in [-0.15, -0.1) is 6.58 Å². The molecule has 0 unspecified atom stereocenters. The van der Waals surface area contributed by atoms with E-state index in [2.05, 4.69) is 16.6 Å². The maximum absolute atomic E-state index is 12.7. The highest BCUT2D eigenvalue weighted by Crippen LogP contribution is 2.10. The van der Waals surface area contributed by atoms with Gasteiger partial charge in [-0.1, -0.05) is 6.08 Å². The average Bonchev–Trinajstić information content (AvgIpc) is 2.35. The molecule has 0 spiro atoms. The Labute approximate surface area is 111 Å². The van der Waals surface area contributed by atoms with Gasteiger partial charge in [0.1, 0.15) is 5.82 Å². The first-order valence-corrected chi connectivity index (χ1v) is 7.01. The lowest BCUT2D eigenvalue weighted by Gasteiger charge is -2.13. The van der Waals surface area contributed by atoms with Crippen molar-refractivity contribution in [1.29, 1.82) is 0 Å². The number of halogens is 1. The summed E-state index contributed by atoms with van der Waals surface area (Å²) in [5.74, 6) is -0.999. The van der Waals surface area contributed by atoms with Gasteiger partial charge in [-0.3, -0.25) is 4.79 Å². The molecule has 7 heteroatoms. The van der Waals surface area contributed by atoms with Crippen molar-refractivity contribution in [2.45, 2.75) is 17.9 Å². The highest BCUT2D eigenvalue weighted by molar-refractivity contribution is 7.89. The van der Waals surface area contributed by atoms with Crippen LogP contribution in [-0.2, 0) is 14.8 Å². The molecule has 0 heterocycles. The predicted octanol–water partition coefficient (Wildman–Crippen LogP) is 0.795. The van der Waals surface area contributed by atoms with Crippen molar-refractivity contribution < 1.29 is 17.6 Å². The van der Waals surface area contributed by atoms with Gasteiger partial charge in [0, 0.05) is 6.54 Å². The van der Waals surface area contributed by atoms with Crippen LogP contribution in [0.2, 0.25) is 0 Å². The first-order chi connectivity index (χ1) is 8.86. The summed E-state index contributed by atoms with van der Waals surface area (Å²) in [6.45, 7) is 5.10. The van der Waals surface area contributed by atoms with Crippen LogP contribution in [0.25, 0.3) is 0 Å². The number of amides is 1. The number of hydrogen-bond acceptors (Lipinski definition) is 3.